The van der Waals surface area contributed by atoms with Crippen LogP contribution in [0.2, 0.25) is 10.0 Å². The number of nitrogens with zero attached hydrogens (tertiary/aromatic N) is 3. The van der Waals surface area contributed by atoms with Crippen molar-refractivity contribution >= 4 is 34.9 Å². The number of carbonyl (C=O) groups is 1. The molecule has 2 amide bonds. The second-order valence-electron chi connectivity index (χ2n) is 7.14. The zero-order chi connectivity index (χ0) is 20.4. The van der Waals surface area contributed by atoms with Gasteiger partial charge in [-0.25, -0.2) is 4.79 Å². The van der Waals surface area contributed by atoms with Crippen molar-refractivity contribution in [2.75, 3.05) is 18.4 Å². The lowest BCUT2D eigenvalue weighted by molar-refractivity contribution is 0.184. The second-order valence-corrected chi connectivity index (χ2v) is 7.93. The first-order valence-electron chi connectivity index (χ1n) is 9.42. The van der Waals surface area contributed by atoms with Gasteiger partial charge in [-0.2, -0.15) is 4.98 Å². The maximum absolute atomic E-state index is 12.7. The molecule has 6 nitrogen and oxygen atoms in total. The molecule has 2 heterocycles. The van der Waals surface area contributed by atoms with E-state index in [1.165, 1.54) is 0 Å². The molecule has 4 rings (SSSR count). The van der Waals surface area contributed by atoms with Gasteiger partial charge in [-0.1, -0.05) is 58.2 Å². The van der Waals surface area contributed by atoms with E-state index in [2.05, 4.69) is 15.5 Å². The minimum atomic E-state index is -0.225. The normalized spacial score (nSPS) is 16.7. The number of urea groups is 1. The van der Waals surface area contributed by atoms with Gasteiger partial charge in [-0.3, -0.25) is 0 Å². The number of halogens is 2. The molecule has 0 bridgehead atoms. The van der Waals surface area contributed by atoms with E-state index >= 15 is 0 Å². The fourth-order valence-electron chi connectivity index (χ4n) is 3.46. The largest absolute Gasteiger partial charge is 0.339 e. The Balaban J connectivity index is 1.46. The molecule has 29 heavy (non-hydrogen) atoms. The number of rotatable bonds is 3. The number of aryl methyl sites for hydroxylation is 1. The van der Waals surface area contributed by atoms with Crippen molar-refractivity contribution in [3.05, 3.63) is 64.0 Å². The Labute approximate surface area is 178 Å². The van der Waals surface area contributed by atoms with E-state index in [9.17, 15) is 4.79 Å². The van der Waals surface area contributed by atoms with Crippen LogP contribution in [0.25, 0.3) is 11.4 Å². The highest BCUT2D eigenvalue weighted by atomic mass is 35.5. The third-order valence-corrected chi connectivity index (χ3v) is 5.79. The number of carbonyl (C=O) groups excluding carboxylic acids is 1. The van der Waals surface area contributed by atoms with Crippen LogP contribution in [0.1, 0.15) is 30.2 Å². The Bertz CT molecular complexity index is 1040. The van der Waals surface area contributed by atoms with Gasteiger partial charge >= 0.3 is 6.03 Å². The standard InChI is InChI=1S/C21H20Cl2N4O2/c1-13-5-2-6-14(11-13)19-25-20(29-26-19)15-7-4-10-27(12-15)21(28)24-17-9-3-8-16(22)18(17)23/h2-3,5-6,8-9,11,15H,4,7,10,12H2,1H3,(H,24,28). The van der Waals surface area contributed by atoms with Gasteiger partial charge in [0, 0.05) is 18.7 Å². The number of anilines is 1. The van der Waals surface area contributed by atoms with Crippen molar-refractivity contribution in [3.8, 4) is 11.4 Å². The van der Waals surface area contributed by atoms with Gasteiger partial charge in [-0.05, 0) is 38.0 Å². The van der Waals surface area contributed by atoms with E-state index in [1.807, 2.05) is 31.2 Å². The van der Waals surface area contributed by atoms with Crippen LogP contribution in [-0.4, -0.2) is 34.2 Å². The predicted molar refractivity (Wildman–Crippen MR) is 113 cm³/mol. The monoisotopic (exact) mass is 430 g/mol. The van der Waals surface area contributed by atoms with Crippen LogP contribution in [0.4, 0.5) is 10.5 Å². The summed E-state index contributed by atoms with van der Waals surface area (Å²) in [7, 11) is 0. The van der Waals surface area contributed by atoms with Gasteiger partial charge in [0.25, 0.3) is 0 Å². The van der Waals surface area contributed by atoms with Crippen molar-refractivity contribution in [2.24, 2.45) is 0 Å². The minimum Gasteiger partial charge on any atom is -0.339 e. The highest BCUT2D eigenvalue weighted by molar-refractivity contribution is 6.43. The molecule has 1 atom stereocenters. The zero-order valence-electron chi connectivity index (χ0n) is 15.9. The average Bonchev–Trinajstić information content (AvgIpc) is 3.22. The van der Waals surface area contributed by atoms with Crippen LogP contribution in [-0.2, 0) is 0 Å². The molecular formula is C21H20Cl2N4O2. The fourth-order valence-corrected chi connectivity index (χ4v) is 3.81. The summed E-state index contributed by atoms with van der Waals surface area (Å²) in [6.45, 7) is 3.17. The molecule has 1 aliphatic heterocycles. The number of amides is 2. The highest BCUT2D eigenvalue weighted by Gasteiger charge is 2.29. The van der Waals surface area contributed by atoms with Gasteiger partial charge in [0.1, 0.15) is 0 Å². The van der Waals surface area contributed by atoms with Gasteiger partial charge in [-0.15, -0.1) is 0 Å². The maximum Gasteiger partial charge on any atom is 0.321 e. The molecule has 1 N–H and O–H groups in total. The predicted octanol–water partition coefficient (Wildman–Crippen LogP) is 5.76. The summed E-state index contributed by atoms with van der Waals surface area (Å²) in [6.07, 6.45) is 1.74. The summed E-state index contributed by atoms with van der Waals surface area (Å²) >= 11 is 12.2. The number of likely N-dealkylation sites (tertiary alicyclic amines) is 1. The number of piperidine rings is 1. The van der Waals surface area contributed by atoms with Crippen molar-refractivity contribution < 1.29 is 9.32 Å². The molecule has 0 spiro atoms. The molecule has 1 aromatic heterocycles. The summed E-state index contributed by atoms with van der Waals surface area (Å²) < 4.78 is 5.52. The minimum absolute atomic E-state index is 0.00427. The van der Waals surface area contributed by atoms with Crippen molar-refractivity contribution in [2.45, 2.75) is 25.7 Å². The third-order valence-electron chi connectivity index (χ3n) is 4.97. The quantitative estimate of drug-likeness (QED) is 0.572. The molecule has 1 unspecified atom stereocenters. The topological polar surface area (TPSA) is 71.3 Å². The van der Waals surface area contributed by atoms with Crippen molar-refractivity contribution in [1.29, 1.82) is 0 Å². The second kappa shape index (κ2) is 8.43. The summed E-state index contributed by atoms with van der Waals surface area (Å²) in [4.78, 5) is 19.0. The summed E-state index contributed by atoms with van der Waals surface area (Å²) in [5.74, 6) is 1.12. The summed E-state index contributed by atoms with van der Waals surface area (Å²) in [6, 6.07) is 12.9. The first-order chi connectivity index (χ1) is 14.0. The van der Waals surface area contributed by atoms with Crippen molar-refractivity contribution in [1.82, 2.24) is 15.0 Å². The Morgan fingerprint density at radius 2 is 2.07 bits per heavy atom. The van der Waals surface area contributed by atoms with E-state index in [0.717, 1.165) is 24.0 Å². The molecule has 1 fully saturated rings. The van der Waals surface area contributed by atoms with Crippen LogP contribution in [0.3, 0.4) is 0 Å². The number of hydrogen-bond donors (Lipinski definition) is 1. The molecule has 0 saturated carbocycles. The average molecular weight is 431 g/mol. The SMILES string of the molecule is Cc1cccc(-c2noc(C3CCCN(C(=O)Nc4cccc(Cl)c4Cl)C3)n2)c1. The maximum atomic E-state index is 12.7. The number of benzene rings is 2. The van der Waals surface area contributed by atoms with Crippen LogP contribution < -0.4 is 5.32 Å². The fraction of sp³-hybridized carbons (Fsp3) is 0.286. The van der Waals surface area contributed by atoms with E-state index in [-0.39, 0.29) is 11.9 Å². The van der Waals surface area contributed by atoms with Crippen LogP contribution >= 0.6 is 23.2 Å². The lowest BCUT2D eigenvalue weighted by atomic mass is 9.98. The zero-order valence-corrected chi connectivity index (χ0v) is 17.4. The first-order valence-corrected chi connectivity index (χ1v) is 10.2. The van der Waals surface area contributed by atoms with Crippen LogP contribution in [0.15, 0.2) is 47.0 Å². The molecular weight excluding hydrogens is 411 g/mol. The Morgan fingerprint density at radius 1 is 1.24 bits per heavy atom. The molecule has 2 aromatic carbocycles. The Kier molecular flexibility index (Phi) is 5.74. The van der Waals surface area contributed by atoms with E-state index in [4.69, 9.17) is 27.7 Å². The summed E-state index contributed by atoms with van der Waals surface area (Å²) in [5, 5.41) is 7.69. The molecule has 1 saturated heterocycles. The lowest BCUT2D eigenvalue weighted by Gasteiger charge is -2.31. The third kappa shape index (κ3) is 4.38. The molecule has 1 aliphatic rings. The highest BCUT2D eigenvalue weighted by Crippen LogP contribution is 2.31. The number of hydrogen-bond acceptors (Lipinski definition) is 4. The smallest absolute Gasteiger partial charge is 0.321 e. The molecule has 0 radical (unpaired) electrons. The lowest BCUT2D eigenvalue weighted by Crippen LogP contribution is -2.41. The Hall–Kier alpha value is -2.57. The van der Waals surface area contributed by atoms with Gasteiger partial charge < -0.3 is 14.7 Å². The van der Waals surface area contributed by atoms with Gasteiger partial charge in [0.2, 0.25) is 11.7 Å². The first kappa shape index (κ1) is 19.7. The molecule has 0 aliphatic carbocycles. The molecule has 3 aromatic rings. The molecule has 150 valence electrons. The molecule has 8 heteroatoms. The van der Waals surface area contributed by atoms with Crippen LogP contribution in [0, 0.1) is 6.92 Å². The summed E-state index contributed by atoms with van der Waals surface area (Å²) in [5.41, 5.74) is 2.54. The van der Waals surface area contributed by atoms with E-state index in [1.54, 1.807) is 23.1 Å². The number of aromatic nitrogens is 2. The van der Waals surface area contributed by atoms with Gasteiger partial charge in [0.05, 0.1) is 21.7 Å². The van der Waals surface area contributed by atoms with E-state index < -0.39 is 0 Å². The van der Waals surface area contributed by atoms with Crippen molar-refractivity contribution in [3.63, 3.8) is 0 Å². The Morgan fingerprint density at radius 3 is 2.90 bits per heavy atom. The van der Waals surface area contributed by atoms with Crippen LogP contribution in [0.5, 0.6) is 0 Å². The number of nitrogens with one attached hydrogen (secondary N) is 1. The van der Waals surface area contributed by atoms with E-state index in [0.29, 0.717) is 40.5 Å². The van der Waals surface area contributed by atoms with Gasteiger partial charge in [0.15, 0.2) is 0 Å².